The van der Waals surface area contributed by atoms with Crippen LogP contribution in [0.5, 0.6) is 0 Å². The fourth-order valence-corrected chi connectivity index (χ4v) is 4.33. The number of amides is 2. The number of likely N-dealkylation sites (tertiary alicyclic amines) is 2. The van der Waals surface area contributed by atoms with Crippen LogP contribution in [0.25, 0.3) is 0 Å². The molecule has 0 aromatic carbocycles. The Morgan fingerprint density at radius 1 is 0.545 bits per heavy atom. The Hall–Kier alpha value is -1.06. The first-order valence-corrected chi connectivity index (χ1v) is 9.33. The lowest BCUT2D eigenvalue weighted by molar-refractivity contribution is -0.143. The molecule has 0 spiro atoms. The summed E-state index contributed by atoms with van der Waals surface area (Å²) in [4.78, 5) is 29.2. The number of hydrogen-bond acceptors (Lipinski definition) is 2. The van der Waals surface area contributed by atoms with Gasteiger partial charge in [-0.1, -0.05) is 19.3 Å². The van der Waals surface area contributed by atoms with Crippen molar-refractivity contribution in [3.63, 3.8) is 0 Å². The predicted molar refractivity (Wildman–Crippen MR) is 86.3 cm³/mol. The lowest BCUT2D eigenvalue weighted by Crippen LogP contribution is -2.47. The van der Waals surface area contributed by atoms with Crippen molar-refractivity contribution >= 4 is 11.8 Å². The molecule has 3 rings (SSSR count). The largest absolute Gasteiger partial charge is 0.342 e. The summed E-state index contributed by atoms with van der Waals surface area (Å²) in [6.07, 6.45) is 11.2. The lowest BCUT2D eigenvalue weighted by Gasteiger charge is -2.37. The highest BCUT2D eigenvalue weighted by molar-refractivity contribution is 5.81. The lowest BCUT2D eigenvalue weighted by atomic mass is 9.87. The van der Waals surface area contributed by atoms with Gasteiger partial charge in [0.05, 0.1) is 0 Å². The van der Waals surface area contributed by atoms with Crippen LogP contribution in [0.15, 0.2) is 0 Å². The van der Waals surface area contributed by atoms with E-state index in [9.17, 15) is 9.59 Å². The van der Waals surface area contributed by atoms with Crippen LogP contribution in [-0.2, 0) is 9.59 Å². The molecule has 3 aliphatic rings. The summed E-state index contributed by atoms with van der Waals surface area (Å²) in [5.41, 5.74) is 0. The molecule has 0 aromatic rings. The molecule has 2 saturated heterocycles. The van der Waals surface area contributed by atoms with E-state index in [1.54, 1.807) is 0 Å². The molecule has 1 saturated carbocycles. The van der Waals surface area contributed by atoms with Crippen molar-refractivity contribution in [1.29, 1.82) is 0 Å². The van der Waals surface area contributed by atoms with Crippen molar-refractivity contribution in [2.45, 2.75) is 64.2 Å². The zero-order chi connectivity index (χ0) is 15.4. The highest BCUT2D eigenvalue weighted by Gasteiger charge is 2.33. The summed E-state index contributed by atoms with van der Waals surface area (Å²) in [5, 5.41) is 0. The molecule has 2 heterocycles. The van der Waals surface area contributed by atoms with Gasteiger partial charge < -0.3 is 9.80 Å². The molecule has 1 aliphatic carbocycles. The van der Waals surface area contributed by atoms with E-state index in [2.05, 4.69) is 4.90 Å². The Labute approximate surface area is 134 Å². The second-order valence-corrected chi connectivity index (χ2v) is 7.32. The van der Waals surface area contributed by atoms with Crippen molar-refractivity contribution in [2.75, 3.05) is 26.2 Å². The van der Waals surface area contributed by atoms with E-state index in [1.807, 2.05) is 4.90 Å². The Morgan fingerprint density at radius 3 is 1.59 bits per heavy atom. The molecule has 22 heavy (non-hydrogen) atoms. The van der Waals surface area contributed by atoms with Crippen LogP contribution in [0.1, 0.15) is 64.2 Å². The van der Waals surface area contributed by atoms with E-state index < -0.39 is 0 Å². The molecular formula is C18H30N2O2. The van der Waals surface area contributed by atoms with Crippen molar-refractivity contribution < 1.29 is 9.59 Å². The van der Waals surface area contributed by atoms with Crippen LogP contribution in [0.4, 0.5) is 0 Å². The smallest absolute Gasteiger partial charge is 0.225 e. The number of hydrogen-bond donors (Lipinski definition) is 0. The van der Waals surface area contributed by atoms with Gasteiger partial charge in [-0.3, -0.25) is 9.59 Å². The minimum atomic E-state index is 0.161. The number of carbonyl (C=O) groups is 2. The third-order valence-corrected chi connectivity index (χ3v) is 5.78. The van der Waals surface area contributed by atoms with Gasteiger partial charge in [-0.15, -0.1) is 0 Å². The number of carbonyl (C=O) groups excluding carboxylic acids is 2. The first-order valence-electron chi connectivity index (χ1n) is 9.33. The van der Waals surface area contributed by atoms with E-state index >= 15 is 0 Å². The normalized spacial score (nSPS) is 25.3. The van der Waals surface area contributed by atoms with Gasteiger partial charge in [0.25, 0.3) is 0 Å². The number of rotatable bonds is 2. The average molecular weight is 306 g/mol. The van der Waals surface area contributed by atoms with Crippen molar-refractivity contribution in [2.24, 2.45) is 11.8 Å². The second kappa shape index (κ2) is 7.47. The maximum absolute atomic E-state index is 12.6. The van der Waals surface area contributed by atoms with E-state index in [4.69, 9.17) is 0 Å². The minimum absolute atomic E-state index is 0.161. The summed E-state index contributed by atoms with van der Waals surface area (Å²) in [5.74, 6) is 1.14. The van der Waals surface area contributed by atoms with Crippen LogP contribution in [0.3, 0.4) is 0 Å². The zero-order valence-corrected chi connectivity index (χ0v) is 13.8. The van der Waals surface area contributed by atoms with Crippen LogP contribution in [0, 0.1) is 11.8 Å². The maximum Gasteiger partial charge on any atom is 0.225 e. The third kappa shape index (κ3) is 3.64. The predicted octanol–water partition coefficient (Wildman–Crippen LogP) is 2.82. The van der Waals surface area contributed by atoms with Gasteiger partial charge in [0.15, 0.2) is 0 Å². The molecule has 4 heteroatoms. The van der Waals surface area contributed by atoms with E-state index in [1.165, 1.54) is 25.7 Å². The molecule has 2 amide bonds. The average Bonchev–Trinajstić information content (AvgIpc) is 2.62. The van der Waals surface area contributed by atoms with E-state index in [0.717, 1.165) is 64.7 Å². The van der Waals surface area contributed by atoms with Gasteiger partial charge in [0.2, 0.25) is 11.8 Å². The van der Waals surface area contributed by atoms with Gasteiger partial charge in [0, 0.05) is 38.0 Å². The molecule has 0 N–H and O–H groups in total. The van der Waals surface area contributed by atoms with Gasteiger partial charge in [-0.25, -0.2) is 0 Å². The summed E-state index contributed by atoms with van der Waals surface area (Å²) in [6, 6.07) is 0. The van der Waals surface area contributed by atoms with Crippen LogP contribution < -0.4 is 0 Å². The summed E-state index contributed by atoms with van der Waals surface area (Å²) in [6.45, 7) is 3.47. The first kappa shape index (κ1) is 15.8. The van der Waals surface area contributed by atoms with Crippen molar-refractivity contribution in [1.82, 2.24) is 9.80 Å². The summed E-state index contributed by atoms with van der Waals surface area (Å²) < 4.78 is 0. The molecule has 3 fully saturated rings. The van der Waals surface area contributed by atoms with Gasteiger partial charge >= 0.3 is 0 Å². The van der Waals surface area contributed by atoms with Gasteiger partial charge in [-0.05, 0) is 44.9 Å². The standard InChI is InChI=1S/C18H30N2O2/c21-17(15-7-3-1-4-8-15)20-13-9-16(10-14-20)18(22)19-11-5-2-6-12-19/h15-16H,1-14H2. The quantitative estimate of drug-likeness (QED) is 0.787. The number of nitrogens with zero attached hydrogens (tertiary/aromatic N) is 2. The third-order valence-electron chi connectivity index (χ3n) is 5.78. The highest BCUT2D eigenvalue weighted by Crippen LogP contribution is 2.28. The second-order valence-electron chi connectivity index (χ2n) is 7.32. The first-order chi connectivity index (χ1) is 10.8. The number of piperidine rings is 2. The molecule has 124 valence electrons. The van der Waals surface area contributed by atoms with Crippen LogP contribution >= 0.6 is 0 Å². The van der Waals surface area contributed by atoms with E-state index in [0.29, 0.717) is 11.8 Å². The van der Waals surface area contributed by atoms with Crippen molar-refractivity contribution in [3.8, 4) is 0 Å². The Bertz CT molecular complexity index is 352. The molecule has 0 bridgehead atoms. The van der Waals surface area contributed by atoms with Crippen LogP contribution in [-0.4, -0.2) is 47.8 Å². The zero-order valence-electron chi connectivity index (χ0n) is 13.8. The minimum Gasteiger partial charge on any atom is -0.342 e. The fourth-order valence-electron chi connectivity index (χ4n) is 4.33. The Kier molecular flexibility index (Phi) is 5.37. The molecule has 2 aliphatic heterocycles. The van der Waals surface area contributed by atoms with Gasteiger partial charge in [0.1, 0.15) is 0 Å². The fraction of sp³-hybridized carbons (Fsp3) is 0.889. The highest BCUT2D eigenvalue weighted by atomic mass is 16.2. The molecule has 4 nitrogen and oxygen atoms in total. The monoisotopic (exact) mass is 306 g/mol. The topological polar surface area (TPSA) is 40.6 Å². The molecule has 0 aromatic heterocycles. The summed E-state index contributed by atoms with van der Waals surface area (Å²) >= 11 is 0. The molecular weight excluding hydrogens is 276 g/mol. The van der Waals surface area contributed by atoms with Gasteiger partial charge in [-0.2, -0.15) is 0 Å². The van der Waals surface area contributed by atoms with E-state index in [-0.39, 0.29) is 11.8 Å². The summed E-state index contributed by atoms with van der Waals surface area (Å²) in [7, 11) is 0. The van der Waals surface area contributed by atoms with Crippen LogP contribution in [0.2, 0.25) is 0 Å². The molecule has 0 unspecified atom stereocenters. The molecule has 0 radical (unpaired) electrons. The molecule has 0 atom stereocenters. The Balaban J connectivity index is 1.47. The SMILES string of the molecule is O=C(C1CCN(C(=O)C2CCCCC2)CC1)N1CCCCC1. The Morgan fingerprint density at radius 2 is 1.00 bits per heavy atom. The maximum atomic E-state index is 12.6. The van der Waals surface area contributed by atoms with Crippen molar-refractivity contribution in [3.05, 3.63) is 0 Å².